The van der Waals surface area contributed by atoms with Crippen LogP contribution in [0.4, 0.5) is 0 Å². The quantitative estimate of drug-likeness (QED) is 0.239. The molecule has 3 nitrogen and oxygen atoms in total. The number of benzene rings is 3. The first-order chi connectivity index (χ1) is 14.3. The zero-order valence-electron chi connectivity index (χ0n) is 15.5. The van der Waals surface area contributed by atoms with Crippen LogP contribution in [0.1, 0.15) is 16.7 Å². The summed E-state index contributed by atoms with van der Waals surface area (Å²) in [5, 5.41) is 1.65. The van der Waals surface area contributed by atoms with Crippen LogP contribution in [-0.2, 0) is 12.2 Å². The van der Waals surface area contributed by atoms with Crippen molar-refractivity contribution in [3.63, 3.8) is 0 Å². The van der Waals surface area contributed by atoms with Crippen molar-refractivity contribution in [2.24, 2.45) is 0 Å². The van der Waals surface area contributed by atoms with Crippen molar-refractivity contribution in [2.75, 3.05) is 0 Å². The molecular weight excluding hydrogens is 400 g/mol. The van der Waals surface area contributed by atoms with E-state index in [1.807, 2.05) is 48.5 Å². The van der Waals surface area contributed by atoms with E-state index < -0.39 is 0 Å². The highest BCUT2D eigenvalue weighted by Gasteiger charge is 2.24. The fourth-order valence-electron chi connectivity index (χ4n) is 3.30. The molecule has 1 aliphatic rings. The third-order valence-electron chi connectivity index (χ3n) is 4.80. The number of fused-ring (bicyclic) bond motifs is 2. The first-order valence-corrected chi connectivity index (χ1v) is 10.7. The Balaban J connectivity index is 1.56. The van der Waals surface area contributed by atoms with E-state index in [9.17, 15) is 0 Å². The number of aromatic nitrogens is 2. The molecule has 29 heavy (non-hydrogen) atoms. The van der Waals surface area contributed by atoms with Gasteiger partial charge in [0, 0.05) is 22.8 Å². The Kier molecular flexibility index (Phi) is 4.96. The summed E-state index contributed by atoms with van der Waals surface area (Å²) in [6.45, 7) is 0. The van der Waals surface area contributed by atoms with Crippen molar-refractivity contribution in [3.05, 3.63) is 101 Å². The molecule has 142 valence electrons. The summed E-state index contributed by atoms with van der Waals surface area (Å²) in [4.78, 5) is 9.64. The minimum atomic E-state index is 0.638. The van der Waals surface area contributed by atoms with E-state index in [0.29, 0.717) is 16.7 Å². The normalized spacial score (nSPS) is 12.0. The molecule has 0 radical (unpaired) electrons. The fraction of sp³-hybridized carbons (Fsp3) is 0.0833. The lowest BCUT2D eigenvalue weighted by Crippen LogP contribution is -2.09. The molecule has 0 amide bonds. The van der Waals surface area contributed by atoms with Crippen LogP contribution in [0.3, 0.4) is 0 Å². The second-order valence-electron chi connectivity index (χ2n) is 6.80. The van der Waals surface area contributed by atoms with E-state index in [4.69, 9.17) is 26.3 Å². The Morgan fingerprint density at radius 1 is 0.862 bits per heavy atom. The highest BCUT2D eigenvalue weighted by atomic mass is 35.5. The summed E-state index contributed by atoms with van der Waals surface area (Å²) in [5.74, 6) is 2.99. The van der Waals surface area contributed by atoms with Gasteiger partial charge in [-0.2, -0.15) is 4.98 Å². The molecule has 1 aromatic heterocycles. The van der Waals surface area contributed by atoms with Crippen LogP contribution < -0.4 is 4.74 Å². The molecule has 0 unspecified atom stereocenters. The van der Waals surface area contributed by atoms with Crippen LogP contribution in [0.2, 0.25) is 5.02 Å². The zero-order valence-corrected chi connectivity index (χ0v) is 17.1. The van der Waals surface area contributed by atoms with E-state index in [-0.39, 0.29) is 0 Å². The molecule has 0 atom stereocenters. The molecular formula is C24H17ClN2OS. The summed E-state index contributed by atoms with van der Waals surface area (Å²) >= 11 is 7.77. The van der Waals surface area contributed by atoms with Crippen LogP contribution >= 0.6 is 23.4 Å². The molecule has 2 heterocycles. The van der Waals surface area contributed by atoms with E-state index >= 15 is 0 Å². The summed E-state index contributed by atoms with van der Waals surface area (Å²) in [6, 6.07) is 26.1. The predicted molar refractivity (Wildman–Crippen MR) is 118 cm³/mol. The molecule has 1 aliphatic heterocycles. The first-order valence-electron chi connectivity index (χ1n) is 9.35. The van der Waals surface area contributed by atoms with Crippen molar-refractivity contribution < 1.29 is 4.74 Å². The third kappa shape index (κ3) is 3.86. The number of para-hydroxylation sites is 1. The number of rotatable bonds is 4. The summed E-state index contributed by atoms with van der Waals surface area (Å²) < 4.78 is 6.17. The molecule has 0 fully saturated rings. The molecule has 0 aliphatic carbocycles. The third-order valence-corrected chi connectivity index (χ3v) is 6.14. The van der Waals surface area contributed by atoms with Crippen molar-refractivity contribution in [1.29, 1.82) is 0 Å². The number of halogens is 1. The average Bonchev–Trinajstić information content (AvgIpc) is 2.77. The Hall–Kier alpha value is -2.82. The number of thioether (sulfide) groups is 1. The second kappa shape index (κ2) is 7.90. The maximum absolute atomic E-state index is 6.17. The van der Waals surface area contributed by atoms with E-state index in [1.165, 1.54) is 5.56 Å². The van der Waals surface area contributed by atoms with Crippen LogP contribution in [0, 0.1) is 0 Å². The predicted octanol–water partition coefficient (Wildman–Crippen LogP) is 6.79. The van der Waals surface area contributed by atoms with Gasteiger partial charge in [0.15, 0.2) is 5.82 Å². The minimum absolute atomic E-state index is 0.638. The lowest BCUT2D eigenvalue weighted by atomic mass is 10.0. The van der Waals surface area contributed by atoms with Gasteiger partial charge in [0.1, 0.15) is 10.8 Å². The van der Waals surface area contributed by atoms with Gasteiger partial charge in [-0.3, -0.25) is 0 Å². The van der Waals surface area contributed by atoms with Gasteiger partial charge in [-0.25, -0.2) is 4.98 Å². The Morgan fingerprint density at radius 3 is 2.45 bits per heavy atom. The van der Waals surface area contributed by atoms with Crippen LogP contribution in [0.5, 0.6) is 11.6 Å². The topological polar surface area (TPSA) is 35.0 Å². The number of nitrogens with zero attached hydrogens (tertiary/aromatic N) is 2. The highest BCUT2D eigenvalue weighted by Crippen LogP contribution is 2.40. The molecule has 0 saturated carbocycles. The maximum atomic E-state index is 6.17. The molecule has 4 aromatic rings. The number of hydrogen-bond acceptors (Lipinski definition) is 4. The average molecular weight is 417 g/mol. The van der Waals surface area contributed by atoms with Crippen LogP contribution in [0.15, 0.2) is 83.9 Å². The molecule has 5 rings (SSSR count). The van der Waals surface area contributed by atoms with Crippen molar-refractivity contribution >= 4 is 23.4 Å². The maximum Gasteiger partial charge on any atom is 0.227 e. The van der Waals surface area contributed by atoms with Crippen molar-refractivity contribution in [3.8, 4) is 23.0 Å². The monoisotopic (exact) mass is 416 g/mol. The van der Waals surface area contributed by atoms with Crippen molar-refractivity contribution in [1.82, 2.24) is 9.97 Å². The fourth-order valence-corrected chi connectivity index (χ4v) is 4.40. The van der Waals surface area contributed by atoms with Gasteiger partial charge in [-0.05, 0) is 41.5 Å². The van der Waals surface area contributed by atoms with Crippen LogP contribution in [0.25, 0.3) is 11.4 Å². The molecule has 5 heteroatoms. The molecule has 0 saturated heterocycles. The van der Waals surface area contributed by atoms with Gasteiger partial charge in [0.2, 0.25) is 5.88 Å². The van der Waals surface area contributed by atoms with Crippen LogP contribution in [-0.4, -0.2) is 9.97 Å². The van der Waals surface area contributed by atoms with E-state index in [2.05, 4.69) is 30.3 Å². The lowest BCUT2D eigenvalue weighted by molar-refractivity contribution is 0.435. The standard InChI is InChI=1S/C24H17ClN2OS/c25-19-12-10-17(11-13-19)22-26-23-20(14-18-8-4-5-9-21(18)28-23)24(27-22)29-15-16-6-2-1-3-7-16/h1-13H,14-15H2. The first kappa shape index (κ1) is 18.2. The summed E-state index contributed by atoms with van der Waals surface area (Å²) in [6.07, 6.45) is 0.767. The summed E-state index contributed by atoms with van der Waals surface area (Å²) in [5.41, 5.74) is 4.38. The zero-order chi connectivity index (χ0) is 19.6. The van der Waals surface area contributed by atoms with Gasteiger partial charge in [0.25, 0.3) is 0 Å². The van der Waals surface area contributed by atoms with E-state index in [1.54, 1.807) is 11.8 Å². The molecule has 0 N–H and O–H groups in total. The Labute approximate surface area is 178 Å². The van der Waals surface area contributed by atoms with Gasteiger partial charge < -0.3 is 4.74 Å². The Morgan fingerprint density at radius 2 is 1.62 bits per heavy atom. The van der Waals surface area contributed by atoms with E-state index in [0.717, 1.165) is 39.6 Å². The SMILES string of the molecule is Clc1ccc(-c2nc3c(c(SCc4ccccc4)n2)Cc2ccccc2O3)cc1. The minimum Gasteiger partial charge on any atom is -0.438 e. The molecule has 0 bridgehead atoms. The molecule has 3 aromatic carbocycles. The van der Waals surface area contributed by atoms with Gasteiger partial charge in [-0.15, -0.1) is 11.8 Å². The van der Waals surface area contributed by atoms with Gasteiger partial charge >= 0.3 is 0 Å². The second-order valence-corrected chi connectivity index (χ2v) is 8.20. The number of ether oxygens (including phenoxy) is 1. The smallest absolute Gasteiger partial charge is 0.227 e. The molecule has 0 spiro atoms. The summed E-state index contributed by atoms with van der Waals surface area (Å²) in [7, 11) is 0. The largest absolute Gasteiger partial charge is 0.438 e. The lowest BCUT2D eigenvalue weighted by Gasteiger charge is -2.21. The Bertz CT molecular complexity index is 1160. The van der Waals surface area contributed by atoms with Gasteiger partial charge in [0.05, 0.1) is 5.56 Å². The van der Waals surface area contributed by atoms with Gasteiger partial charge in [-0.1, -0.05) is 60.1 Å². The highest BCUT2D eigenvalue weighted by molar-refractivity contribution is 7.98. The number of hydrogen-bond donors (Lipinski definition) is 0. The van der Waals surface area contributed by atoms with Crippen molar-refractivity contribution in [2.45, 2.75) is 17.2 Å².